The SMILES string of the molecule is [CH2]CCC=NCCCCCC.[LiH]. The molecule has 0 heterocycles. The topological polar surface area (TPSA) is 12.4 Å². The van der Waals surface area contributed by atoms with Crippen molar-refractivity contribution in [3.05, 3.63) is 6.92 Å². The van der Waals surface area contributed by atoms with E-state index in [9.17, 15) is 0 Å². The first-order chi connectivity index (χ1) is 5.41. The van der Waals surface area contributed by atoms with Gasteiger partial charge in [-0.2, -0.15) is 0 Å². The van der Waals surface area contributed by atoms with Gasteiger partial charge < -0.3 is 0 Å². The third-order valence-electron chi connectivity index (χ3n) is 1.60. The third kappa shape index (κ3) is 12.9. The van der Waals surface area contributed by atoms with E-state index in [1.807, 2.05) is 6.21 Å². The maximum atomic E-state index is 4.27. The van der Waals surface area contributed by atoms with E-state index >= 15 is 0 Å². The van der Waals surface area contributed by atoms with Crippen molar-refractivity contribution < 1.29 is 0 Å². The molecule has 0 aliphatic heterocycles. The molecule has 0 unspecified atom stereocenters. The minimum absolute atomic E-state index is 0. The summed E-state index contributed by atoms with van der Waals surface area (Å²) < 4.78 is 0. The molecule has 0 rings (SSSR count). The molecule has 0 aliphatic carbocycles. The summed E-state index contributed by atoms with van der Waals surface area (Å²) in [6.07, 6.45) is 9.25. The molecule has 67 valence electrons. The average Bonchev–Trinajstić information content (AvgIpc) is 2.03. The summed E-state index contributed by atoms with van der Waals surface area (Å²) in [6, 6.07) is 0. The third-order valence-corrected chi connectivity index (χ3v) is 1.60. The van der Waals surface area contributed by atoms with Crippen LogP contribution in [0.25, 0.3) is 0 Å². The van der Waals surface area contributed by atoms with Crippen LogP contribution in [0.1, 0.15) is 45.4 Å². The molecule has 1 nitrogen and oxygen atoms in total. The van der Waals surface area contributed by atoms with E-state index in [4.69, 9.17) is 0 Å². The summed E-state index contributed by atoms with van der Waals surface area (Å²) in [6.45, 7) is 6.98. The van der Waals surface area contributed by atoms with Gasteiger partial charge in [-0.15, -0.1) is 0 Å². The van der Waals surface area contributed by atoms with Crippen molar-refractivity contribution in [2.24, 2.45) is 4.99 Å². The molecule has 0 fully saturated rings. The summed E-state index contributed by atoms with van der Waals surface area (Å²) in [5, 5.41) is 0. The number of aliphatic imine (C=N–C) groups is 1. The van der Waals surface area contributed by atoms with Gasteiger partial charge in [0.15, 0.2) is 0 Å². The molecule has 0 aliphatic rings. The molecule has 0 aromatic rings. The van der Waals surface area contributed by atoms with Gasteiger partial charge in [-0.1, -0.05) is 33.1 Å². The zero-order valence-electron chi connectivity index (χ0n) is 7.68. The van der Waals surface area contributed by atoms with Crippen molar-refractivity contribution in [1.29, 1.82) is 0 Å². The summed E-state index contributed by atoms with van der Waals surface area (Å²) in [5.74, 6) is 0. The first-order valence-electron chi connectivity index (χ1n) is 4.69. The molecular weight excluding hydrogens is 141 g/mol. The predicted molar refractivity (Wildman–Crippen MR) is 59.2 cm³/mol. The monoisotopic (exact) mass is 162 g/mol. The van der Waals surface area contributed by atoms with Gasteiger partial charge in [-0.3, -0.25) is 4.99 Å². The fraction of sp³-hybridized carbons (Fsp3) is 0.800. The molecule has 12 heavy (non-hydrogen) atoms. The fourth-order valence-corrected chi connectivity index (χ4v) is 0.904. The van der Waals surface area contributed by atoms with Crippen LogP contribution in [0.3, 0.4) is 0 Å². The summed E-state index contributed by atoms with van der Waals surface area (Å²) in [5.41, 5.74) is 0. The predicted octanol–water partition coefficient (Wildman–Crippen LogP) is 2.60. The van der Waals surface area contributed by atoms with Crippen molar-refractivity contribution in [2.45, 2.75) is 45.4 Å². The number of rotatable bonds is 7. The van der Waals surface area contributed by atoms with E-state index in [0.29, 0.717) is 0 Å². The first kappa shape index (κ1) is 14.8. The standard InChI is InChI=1S/C10H20N.Li.H/c1-3-5-7-8-10-11-9-6-4-2;;/h9H,2-8,10H2,1H3;;. The zero-order chi connectivity index (χ0) is 8.36. The average molecular weight is 162 g/mol. The van der Waals surface area contributed by atoms with Crippen molar-refractivity contribution in [1.82, 2.24) is 0 Å². The molecule has 1 radical (unpaired) electrons. The summed E-state index contributed by atoms with van der Waals surface area (Å²) in [4.78, 5) is 4.27. The molecule has 0 bridgehead atoms. The molecule has 0 N–H and O–H groups in total. The van der Waals surface area contributed by atoms with Gasteiger partial charge in [0, 0.05) is 6.54 Å². The molecule has 2 heteroatoms. The molecule has 0 saturated carbocycles. The Hall–Kier alpha value is 0.267. The Bertz CT molecular complexity index is 91.8. The van der Waals surface area contributed by atoms with Crippen molar-refractivity contribution >= 4 is 25.1 Å². The molecule has 0 saturated heterocycles. The van der Waals surface area contributed by atoms with Crippen LogP contribution in [0.4, 0.5) is 0 Å². The van der Waals surface area contributed by atoms with Gasteiger partial charge in [0.05, 0.1) is 0 Å². The zero-order valence-corrected chi connectivity index (χ0v) is 7.68. The normalized spacial score (nSPS) is 10.2. The Labute approximate surface area is 89.2 Å². The molecule has 0 spiro atoms. The van der Waals surface area contributed by atoms with Crippen molar-refractivity contribution in [3.8, 4) is 0 Å². The summed E-state index contributed by atoms with van der Waals surface area (Å²) >= 11 is 0. The van der Waals surface area contributed by atoms with Crippen molar-refractivity contribution in [3.63, 3.8) is 0 Å². The molecule has 0 aromatic heterocycles. The Kier molecular flexibility index (Phi) is 17.0. The van der Waals surface area contributed by atoms with Crippen LogP contribution < -0.4 is 0 Å². The first-order valence-corrected chi connectivity index (χ1v) is 4.69. The Morgan fingerprint density at radius 2 is 2.00 bits per heavy atom. The van der Waals surface area contributed by atoms with Crippen LogP contribution >= 0.6 is 0 Å². The van der Waals surface area contributed by atoms with Gasteiger partial charge in [-0.25, -0.2) is 0 Å². The fourth-order valence-electron chi connectivity index (χ4n) is 0.904. The van der Waals surface area contributed by atoms with E-state index in [1.54, 1.807) is 0 Å². The number of hydrogen-bond acceptors (Lipinski definition) is 1. The van der Waals surface area contributed by atoms with Gasteiger partial charge in [-0.05, 0) is 25.5 Å². The van der Waals surface area contributed by atoms with E-state index in [-0.39, 0.29) is 18.9 Å². The van der Waals surface area contributed by atoms with Crippen LogP contribution in [0, 0.1) is 6.92 Å². The molecule has 0 aromatic carbocycles. The second-order valence-corrected chi connectivity index (χ2v) is 2.79. The van der Waals surface area contributed by atoms with Crippen LogP contribution in [0.2, 0.25) is 0 Å². The van der Waals surface area contributed by atoms with Crippen molar-refractivity contribution in [2.75, 3.05) is 6.54 Å². The number of hydrogen-bond donors (Lipinski definition) is 0. The second kappa shape index (κ2) is 13.8. The van der Waals surface area contributed by atoms with E-state index in [2.05, 4.69) is 18.8 Å². The van der Waals surface area contributed by atoms with E-state index in [0.717, 1.165) is 19.4 Å². The molecular formula is C10H21LiN. The quantitative estimate of drug-likeness (QED) is 0.310. The van der Waals surface area contributed by atoms with E-state index < -0.39 is 0 Å². The van der Waals surface area contributed by atoms with Crippen LogP contribution in [0.15, 0.2) is 4.99 Å². The van der Waals surface area contributed by atoms with Gasteiger partial charge in [0.2, 0.25) is 0 Å². The number of unbranched alkanes of at least 4 members (excludes halogenated alkanes) is 4. The minimum atomic E-state index is 0. The molecule has 0 atom stereocenters. The van der Waals surface area contributed by atoms with Gasteiger partial charge in [0.25, 0.3) is 0 Å². The Morgan fingerprint density at radius 3 is 2.58 bits per heavy atom. The Morgan fingerprint density at radius 1 is 1.25 bits per heavy atom. The maximum absolute atomic E-state index is 4.27. The van der Waals surface area contributed by atoms with Gasteiger partial charge in [0.1, 0.15) is 0 Å². The van der Waals surface area contributed by atoms with Crippen LogP contribution in [0.5, 0.6) is 0 Å². The summed E-state index contributed by atoms with van der Waals surface area (Å²) in [7, 11) is 0. The molecule has 0 amide bonds. The van der Waals surface area contributed by atoms with Gasteiger partial charge >= 0.3 is 18.9 Å². The second-order valence-electron chi connectivity index (χ2n) is 2.79. The van der Waals surface area contributed by atoms with E-state index in [1.165, 1.54) is 25.7 Å². The van der Waals surface area contributed by atoms with Crippen LogP contribution in [-0.2, 0) is 0 Å². The van der Waals surface area contributed by atoms with Crippen LogP contribution in [-0.4, -0.2) is 31.6 Å². The Balaban J connectivity index is 0. The number of nitrogens with zero attached hydrogens (tertiary/aromatic N) is 1.